The quantitative estimate of drug-likeness (QED) is 0.718. The molecule has 1 aromatic heterocycles. The summed E-state index contributed by atoms with van der Waals surface area (Å²) in [6.07, 6.45) is 0.693. The molecular weight excluding hydrogens is 232 g/mol. The average molecular weight is 246 g/mol. The van der Waals surface area contributed by atoms with E-state index in [9.17, 15) is 9.90 Å². The molecule has 1 aromatic carbocycles. The molecule has 0 radical (unpaired) electrons. The predicted molar refractivity (Wildman–Crippen MR) is 66.6 cm³/mol. The summed E-state index contributed by atoms with van der Waals surface area (Å²) >= 11 is 0. The number of aromatic amines is 1. The van der Waals surface area contributed by atoms with Crippen molar-refractivity contribution in [1.29, 1.82) is 0 Å². The first kappa shape index (κ1) is 12.1. The van der Waals surface area contributed by atoms with Crippen LogP contribution in [-0.2, 0) is 6.42 Å². The zero-order chi connectivity index (χ0) is 13.1. The molecule has 1 heterocycles. The minimum atomic E-state index is -0.379. The molecule has 0 saturated carbocycles. The van der Waals surface area contributed by atoms with Crippen LogP contribution in [0, 0.1) is 6.92 Å². The fourth-order valence-corrected chi connectivity index (χ4v) is 1.48. The highest BCUT2D eigenvalue weighted by Gasteiger charge is 2.12. The Kier molecular flexibility index (Phi) is 3.27. The van der Waals surface area contributed by atoms with Gasteiger partial charge in [-0.2, -0.15) is 0 Å². The van der Waals surface area contributed by atoms with Crippen LogP contribution in [0.4, 0.5) is 5.69 Å². The van der Waals surface area contributed by atoms with Crippen molar-refractivity contribution in [3.05, 3.63) is 35.4 Å². The van der Waals surface area contributed by atoms with E-state index in [4.69, 9.17) is 0 Å². The van der Waals surface area contributed by atoms with Crippen molar-refractivity contribution in [2.45, 2.75) is 20.3 Å². The van der Waals surface area contributed by atoms with Crippen LogP contribution >= 0.6 is 0 Å². The molecule has 0 unspecified atom stereocenters. The largest absolute Gasteiger partial charge is 0.508 e. The lowest BCUT2D eigenvalue weighted by molar-refractivity contribution is 0.101. The fraction of sp³-hybridized carbons (Fsp3) is 0.250. The first-order chi connectivity index (χ1) is 8.60. The summed E-state index contributed by atoms with van der Waals surface area (Å²) in [5.74, 6) is 0.592. The van der Waals surface area contributed by atoms with E-state index in [0.717, 1.165) is 0 Å². The maximum Gasteiger partial charge on any atom is 0.295 e. The van der Waals surface area contributed by atoms with E-state index >= 15 is 0 Å². The number of rotatable bonds is 3. The normalized spacial score (nSPS) is 10.3. The number of nitrogens with zero attached hydrogens (tertiary/aromatic N) is 2. The number of aromatic nitrogens is 3. The number of anilines is 1. The zero-order valence-corrected chi connectivity index (χ0v) is 10.2. The Morgan fingerprint density at radius 2 is 2.28 bits per heavy atom. The molecular formula is C12H14N4O2. The molecule has 0 fully saturated rings. The Morgan fingerprint density at radius 3 is 2.89 bits per heavy atom. The van der Waals surface area contributed by atoms with Gasteiger partial charge in [-0.25, -0.2) is 4.98 Å². The van der Waals surface area contributed by atoms with Crippen molar-refractivity contribution < 1.29 is 9.90 Å². The Hall–Kier alpha value is -2.37. The highest BCUT2D eigenvalue weighted by molar-refractivity contribution is 6.01. The lowest BCUT2D eigenvalue weighted by atomic mass is 10.2. The van der Waals surface area contributed by atoms with Crippen molar-refractivity contribution in [3.63, 3.8) is 0 Å². The number of benzene rings is 1. The molecule has 2 aromatic rings. The third-order valence-corrected chi connectivity index (χ3v) is 2.52. The number of hydrogen-bond acceptors (Lipinski definition) is 4. The van der Waals surface area contributed by atoms with E-state index in [0.29, 0.717) is 23.5 Å². The van der Waals surface area contributed by atoms with Crippen molar-refractivity contribution in [1.82, 2.24) is 15.2 Å². The van der Waals surface area contributed by atoms with Crippen molar-refractivity contribution in [2.75, 3.05) is 5.32 Å². The molecule has 0 spiro atoms. The summed E-state index contributed by atoms with van der Waals surface area (Å²) in [4.78, 5) is 15.9. The third-order valence-electron chi connectivity index (χ3n) is 2.52. The van der Waals surface area contributed by atoms with Crippen molar-refractivity contribution in [2.24, 2.45) is 0 Å². The second kappa shape index (κ2) is 4.87. The smallest absolute Gasteiger partial charge is 0.295 e. The number of carbonyl (C=O) groups excluding carboxylic acids is 1. The van der Waals surface area contributed by atoms with Gasteiger partial charge in [0.1, 0.15) is 11.6 Å². The van der Waals surface area contributed by atoms with E-state index in [2.05, 4.69) is 20.5 Å². The van der Waals surface area contributed by atoms with Gasteiger partial charge in [-0.3, -0.25) is 9.89 Å². The Morgan fingerprint density at radius 1 is 1.50 bits per heavy atom. The highest BCUT2D eigenvalue weighted by atomic mass is 16.3. The lowest BCUT2D eigenvalue weighted by Crippen LogP contribution is -2.13. The van der Waals surface area contributed by atoms with Gasteiger partial charge in [-0.05, 0) is 30.7 Å². The number of aromatic hydroxyl groups is 1. The second-order valence-electron chi connectivity index (χ2n) is 3.91. The SMILES string of the molecule is CCc1nc(C(=O)Nc2ccc(O)c(C)c2)n[nH]1. The molecule has 0 saturated heterocycles. The van der Waals surface area contributed by atoms with E-state index in [1.54, 1.807) is 19.1 Å². The number of phenolic OH excluding ortho intramolecular Hbond substituents is 1. The van der Waals surface area contributed by atoms with Crippen LogP contribution in [0.1, 0.15) is 28.9 Å². The molecule has 94 valence electrons. The van der Waals surface area contributed by atoms with Crippen molar-refractivity contribution in [3.8, 4) is 5.75 Å². The van der Waals surface area contributed by atoms with Crippen LogP contribution in [0.15, 0.2) is 18.2 Å². The molecule has 18 heavy (non-hydrogen) atoms. The van der Waals surface area contributed by atoms with Gasteiger partial charge in [0.25, 0.3) is 5.91 Å². The number of nitrogens with one attached hydrogen (secondary N) is 2. The Bertz CT molecular complexity index is 577. The lowest BCUT2D eigenvalue weighted by Gasteiger charge is -2.04. The van der Waals surface area contributed by atoms with Crippen LogP contribution in [0.3, 0.4) is 0 Å². The molecule has 6 nitrogen and oxygen atoms in total. The van der Waals surface area contributed by atoms with Gasteiger partial charge in [0.05, 0.1) is 0 Å². The first-order valence-electron chi connectivity index (χ1n) is 5.62. The van der Waals surface area contributed by atoms with Crippen LogP contribution in [0.25, 0.3) is 0 Å². The Labute approximate surface area is 104 Å². The molecule has 1 amide bonds. The number of aryl methyl sites for hydroxylation is 2. The monoisotopic (exact) mass is 246 g/mol. The average Bonchev–Trinajstić information content (AvgIpc) is 2.82. The highest BCUT2D eigenvalue weighted by Crippen LogP contribution is 2.20. The number of amides is 1. The summed E-state index contributed by atoms with van der Waals surface area (Å²) in [6, 6.07) is 4.83. The minimum absolute atomic E-state index is 0.109. The molecule has 0 atom stereocenters. The maximum absolute atomic E-state index is 11.8. The van der Waals surface area contributed by atoms with Gasteiger partial charge < -0.3 is 10.4 Å². The topological polar surface area (TPSA) is 90.9 Å². The minimum Gasteiger partial charge on any atom is -0.508 e. The molecule has 0 aliphatic carbocycles. The number of carbonyl (C=O) groups is 1. The summed E-state index contributed by atoms with van der Waals surface area (Å²) in [5.41, 5.74) is 1.29. The Balaban J connectivity index is 2.13. The second-order valence-corrected chi connectivity index (χ2v) is 3.91. The van der Waals surface area contributed by atoms with Crippen LogP contribution in [0.5, 0.6) is 5.75 Å². The van der Waals surface area contributed by atoms with Gasteiger partial charge >= 0.3 is 0 Å². The molecule has 0 bridgehead atoms. The van der Waals surface area contributed by atoms with E-state index in [1.165, 1.54) is 6.07 Å². The zero-order valence-electron chi connectivity index (χ0n) is 10.2. The molecule has 2 rings (SSSR count). The van der Waals surface area contributed by atoms with Gasteiger partial charge in [-0.15, -0.1) is 5.10 Å². The van der Waals surface area contributed by atoms with Gasteiger partial charge in [0, 0.05) is 12.1 Å². The van der Waals surface area contributed by atoms with E-state index in [-0.39, 0.29) is 17.5 Å². The first-order valence-corrected chi connectivity index (χ1v) is 5.62. The van der Waals surface area contributed by atoms with Crippen molar-refractivity contribution >= 4 is 11.6 Å². The number of phenols is 1. The third kappa shape index (κ3) is 2.48. The molecule has 6 heteroatoms. The van der Waals surface area contributed by atoms with Gasteiger partial charge in [0.15, 0.2) is 0 Å². The summed E-state index contributed by atoms with van der Waals surface area (Å²) in [6.45, 7) is 3.68. The summed E-state index contributed by atoms with van der Waals surface area (Å²) in [7, 11) is 0. The molecule has 3 N–H and O–H groups in total. The fourth-order valence-electron chi connectivity index (χ4n) is 1.48. The predicted octanol–water partition coefficient (Wildman–Crippen LogP) is 1.63. The van der Waals surface area contributed by atoms with Gasteiger partial charge in [-0.1, -0.05) is 6.92 Å². The molecule has 0 aliphatic heterocycles. The number of H-pyrrole nitrogens is 1. The van der Waals surface area contributed by atoms with E-state index < -0.39 is 0 Å². The van der Waals surface area contributed by atoms with E-state index in [1.807, 2.05) is 6.92 Å². The van der Waals surface area contributed by atoms with Gasteiger partial charge in [0.2, 0.25) is 5.82 Å². The number of hydrogen-bond donors (Lipinski definition) is 3. The molecule has 0 aliphatic rings. The van der Waals surface area contributed by atoms with Crippen LogP contribution < -0.4 is 5.32 Å². The summed E-state index contributed by atoms with van der Waals surface area (Å²) in [5, 5.41) is 18.6. The maximum atomic E-state index is 11.8. The van der Waals surface area contributed by atoms with Crippen LogP contribution in [0.2, 0.25) is 0 Å². The standard InChI is InChI=1S/C12H14N4O2/c1-3-10-14-11(16-15-10)12(18)13-8-4-5-9(17)7(2)6-8/h4-6,17H,3H2,1-2H3,(H,13,18)(H,14,15,16). The van der Waals surface area contributed by atoms with Crippen LogP contribution in [-0.4, -0.2) is 26.2 Å². The summed E-state index contributed by atoms with van der Waals surface area (Å²) < 4.78 is 0.